The molecule has 0 aromatic heterocycles. The number of carbonyl (C=O) groups excluding carboxylic acids is 1. The second-order valence-electron chi connectivity index (χ2n) is 6.26. The van der Waals surface area contributed by atoms with Crippen molar-refractivity contribution in [2.75, 3.05) is 7.05 Å². The number of rotatable bonds is 6. The van der Waals surface area contributed by atoms with Crippen LogP contribution in [0.25, 0.3) is 0 Å². The third kappa shape index (κ3) is 4.29. The number of halogens is 2. The van der Waals surface area contributed by atoms with Crippen LogP contribution < -0.4 is 5.32 Å². The molecular formula is C19H20Cl2N2O. The lowest BCUT2D eigenvalue weighted by atomic mass is 10.0. The van der Waals surface area contributed by atoms with Gasteiger partial charge in [-0.25, -0.2) is 0 Å². The number of amides is 1. The van der Waals surface area contributed by atoms with E-state index in [1.165, 1.54) is 0 Å². The van der Waals surface area contributed by atoms with Crippen LogP contribution in [0.2, 0.25) is 10.0 Å². The zero-order valence-corrected chi connectivity index (χ0v) is 15.0. The van der Waals surface area contributed by atoms with Gasteiger partial charge in [-0.3, -0.25) is 9.69 Å². The maximum Gasteiger partial charge on any atom is 0.242 e. The predicted molar refractivity (Wildman–Crippen MR) is 98.3 cm³/mol. The van der Waals surface area contributed by atoms with Crippen LogP contribution in [-0.4, -0.2) is 23.9 Å². The van der Waals surface area contributed by atoms with Crippen molar-refractivity contribution in [1.82, 2.24) is 10.2 Å². The highest BCUT2D eigenvalue weighted by atomic mass is 35.5. The molecule has 0 bridgehead atoms. The van der Waals surface area contributed by atoms with Gasteiger partial charge < -0.3 is 5.32 Å². The van der Waals surface area contributed by atoms with Crippen LogP contribution in [0.3, 0.4) is 0 Å². The van der Waals surface area contributed by atoms with E-state index in [9.17, 15) is 4.79 Å². The summed E-state index contributed by atoms with van der Waals surface area (Å²) in [5.74, 6) is 0.0475. The molecule has 3 rings (SSSR count). The number of hydrogen-bond acceptors (Lipinski definition) is 2. The van der Waals surface area contributed by atoms with E-state index >= 15 is 0 Å². The first-order valence-electron chi connectivity index (χ1n) is 8.04. The SMILES string of the molecule is CN(Cc1ccc(Cl)c(Cl)c1)[C@H](C(=O)NC1CC1)c1ccccc1. The Kier molecular flexibility index (Phi) is 5.44. The molecule has 0 aliphatic heterocycles. The van der Waals surface area contributed by atoms with Crippen molar-refractivity contribution in [3.05, 3.63) is 69.7 Å². The molecule has 1 saturated carbocycles. The minimum atomic E-state index is -0.332. The minimum absolute atomic E-state index is 0.0475. The summed E-state index contributed by atoms with van der Waals surface area (Å²) in [6.07, 6.45) is 2.15. The molecule has 24 heavy (non-hydrogen) atoms. The molecule has 1 aliphatic rings. The molecule has 0 unspecified atom stereocenters. The quantitative estimate of drug-likeness (QED) is 0.823. The summed E-state index contributed by atoms with van der Waals surface area (Å²) in [7, 11) is 1.95. The topological polar surface area (TPSA) is 32.3 Å². The first kappa shape index (κ1) is 17.3. The molecule has 5 heteroatoms. The summed E-state index contributed by atoms with van der Waals surface area (Å²) in [5, 5.41) is 4.18. The normalized spacial score (nSPS) is 15.3. The minimum Gasteiger partial charge on any atom is -0.352 e. The Morgan fingerprint density at radius 1 is 1.17 bits per heavy atom. The predicted octanol–water partition coefficient (Wildman–Crippen LogP) is 4.45. The van der Waals surface area contributed by atoms with E-state index in [-0.39, 0.29) is 11.9 Å². The van der Waals surface area contributed by atoms with Crippen LogP contribution in [-0.2, 0) is 11.3 Å². The molecule has 0 heterocycles. The summed E-state index contributed by atoms with van der Waals surface area (Å²) in [5.41, 5.74) is 2.00. The van der Waals surface area contributed by atoms with E-state index in [1.807, 2.05) is 54.4 Å². The molecular weight excluding hydrogens is 343 g/mol. The molecule has 1 atom stereocenters. The molecule has 0 saturated heterocycles. The molecule has 1 fully saturated rings. The van der Waals surface area contributed by atoms with Crippen LogP contribution in [0.4, 0.5) is 0 Å². The molecule has 2 aromatic rings. The molecule has 2 aromatic carbocycles. The Morgan fingerprint density at radius 3 is 2.50 bits per heavy atom. The second-order valence-corrected chi connectivity index (χ2v) is 7.07. The fraction of sp³-hybridized carbons (Fsp3) is 0.316. The van der Waals surface area contributed by atoms with Crippen LogP contribution in [0.15, 0.2) is 48.5 Å². The molecule has 1 aliphatic carbocycles. The number of likely N-dealkylation sites (N-methyl/N-ethyl adjacent to an activating group) is 1. The maximum atomic E-state index is 12.7. The van der Waals surface area contributed by atoms with Gasteiger partial charge >= 0.3 is 0 Å². The molecule has 3 nitrogen and oxygen atoms in total. The lowest BCUT2D eigenvalue weighted by Gasteiger charge is -2.28. The first-order chi connectivity index (χ1) is 11.5. The highest BCUT2D eigenvalue weighted by Crippen LogP contribution is 2.27. The van der Waals surface area contributed by atoms with E-state index < -0.39 is 0 Å². The average Bonchev–Trinajstić information content (AvgIpc) is 3.36. The molecule has 1 N–H and O–H groups in total. The number of nitrogens with zero attached hydrogens (tertiary/aromatic N) is 1. The van der Waals surface area contributed by atoms with Gasteiger partial charge in [-0.05, 0) is 43.1 Å². The van der Waals surface area contributed by atoms with Crippen LogP contribution >= 0.6 is 23.2 Å². The first-order valence-corrected chi connectivity index (χ1v) is 8.79. The summed E-state index contributed by atoms with van der Waals surface area (Å²) in [6.45, 7) is 0.606. The molecule has 0 spiro atoms. The largest absolute Gasteiger partial charge is 0.352 e. The van der Waals surface area contributed by atoms with Crippen LogP contribution in [0.5, 0.6) is 0 Å². The van der Waals surface area contributed by atoms with Crippen molar-refractivity contribution in [3.63, 3.8) is 0 Å². The van der Waals surface area contributed by atoms with Crippen molar-refractivity contribution >= 4 is 29.1 Å². The van der Waals surface area contributed by atoms with Gasteiger partial charge in [0, 0.05) is 12.6 Å². The van der Waals surface area contributed by atoms with Gasteiger partial charge in [-0.15, -0.1) is 0 Å². The smallest absolute Gasteiger partial charge is 0.242 e. The lowest BCUT2D eigenvalue weighted by Crippen LogP contribution is -2.39. The summed E-state index contributed by atoms with van der Waals surface area (Å²) >= 11 is 12.1. The van der Waals surface area contributed by atoms with Crippen molar-refractivity contribution in [2.24, 2.45) is 0 Å². The van der Waals surface area contributed by atoms with E-state index in [0.717, 1.165) is 24.0 Å². The third-order valence-corrected chi connectivity index (χ3v) is 4.88. The van der Waals surface area contributed by atoms with Gasteiger partial charge in [0.15, 0.2) is 0 Å². The van der Waals surface area contributed by atoms with Crippen molar-refractivity contribution in [2.45, 2.75) is 31.5 Å². The van der Waals surface area contributed by atoms with Gasteiger partial charge in [-0.2, -0.15) is 0 Å². The van der Waals surface area contributed by atoms with E-state index in [2.05, 4.69) is 5.32 Å². The molecule has 126 valence electrons. The fourth-order valence-corrected chi connectivity index (χ4v) is 3.09. The van der Waals surface area contributed by atoms with Gasteiger partial charge in [0.25, 0.3) is 0 Å². The van der Waals surface area contributed by atoms with Gasteiger partial charge in [0.1, 0.15) is 6.04 Å². The van der Waals surface area contributed by atoms with Crippen molar-refractivity contribution in [1.29, 1.82) is 0 Å². The number of nitrogens with one attached hydrogen (secondary N) is 1. The number of benzene rings is 2. The number of carbonyl (C=O) groups is 1. The summed E-state index contributed by atoms with van der Waals surface area (Å²) < 4.78 is 0. The molecule has 0 radical (unpaired) electrons. The number of hydrogen-bond donors (Lipinski definition) is 1. The summed E-state index contributed by atoms with van der Waals surface area (Å²) in [4.78, 5) is 14.8. The Hall–Kier alpha value is -1.55. The van der Waals surface area contributed by atoms with E-state index in [4.69, 9.17) is 23.2 Å². The average molecular weight is 363 g/mol. The maximum absolute atomic E-state index is 12.7. The van der Waals surface area contributed by atoms with Gasteiger partial charge in [0.2, 0.25) is 5.91 Å². The Morgan fingerprint density at radius 2 is 1.88 bits per heavy atom. The molecule has 1 amide bonds. The van der Waals surface area contributed by atoms with E-state index in [1.54, 1.807) is 6.07 Å². The second kappa shape index (κ2) is 7.56. The van der Waals surface area contributed by atoms with Crippen molar-refractivity contribution in [3.8, 4) is 0 Å². The Bertz CT molecular complexity index is 717. The Balaban J connectivity index is 1.80. The van der Waals surface area contributed by atoms with Gasteiger partial charge in [0.05, 0.1) is 10.0 Å². The van der Waals surface area contributed by atoms with Crippen molar-refractivity contribution < 1.29 is 4.79 Å². The zero-order valence-electron chi connectivity index (χ0n) is 13.5. The van der Waals surface area contributed by atoms with E-state index in [0.29, 0.717) is 22.6 Å². The highest BCUT2D eigenvalue weighted by molar-refractivity contribution is 6.42. The monoisotopic (exact) mass is 362 g/mol. The standard InChI is InChI=1S/C19H20Cl2N2O/c1-23(12-13-7-10-16(20)17(21)11-13)18(14-5-3-2-4-6-14)19(24)22-15-8-9-15/h2-7,10-11,15,18H,8-9,12H2,1H3,(H,22,24)/t18-/m0/s1. The van der Waals surface area contributed by atoms with Gasteiger partial charge in [-0.1, -0.05) is 59.6 Å². The van der Waals surface area contributed by atoms with Crippen LogP contribution in [0.1, 0.15) is 30.0 Å². The lowest BCUT2D eigenvalue weighted by molar-refractivity contribution is -0.126. The van der Waals surface area contributed by atoms with Crippen LogP contribution in [0, 0.1) is 0 Å². The third-order valence-electron chi connectivity index (χ3n) is 4.14. The highest BCUT2D eigenvalue weighted by Gasteiger charge is 2.30. The Labute approximate surface area is 152 Å². The zero-order chi connectivity index (χ0) is 17.1. The fourth-order valence-electron chi connectivity index (χ4n) is 2.77. The summed E-state index contributed by atoms with van der Waals surface area (Å²) in [6, 6.07) is 15.4.